The number of hydrazine groups is 1. The summed E-state index contributed by atoms with van der Waals surface area (Å²) in [4.78, 5) is 4.38. The predicted octanol–water partition coefficient (Wildman–Crippen LogP) is 4.94. The van der Waals surface area contributed by atoms with Crippen LogP contribution in [0.3, 0.4) is 0 Å². The number of pyridine rings is 1. The summed E-state index contributed by atoms with van der Waals surface area (Å²) in [5, 5.41) is 3.92. The fraction of sp³-hybridized carbons (Fsp3) is 0.450. The van der Waals surface area contributed by atoms with Crippen LogP contribution in [0.4, 0.5) is 4.39 Å². The van der Waals surface area contributed by atoms with Crippen LogP contribution in [-0.4, -0.2) is 22.6 Å². The molecule has 0 bridgehead atoms. The van der Waals surface area contributed by atoms with E-state index in [0.29, 0.717) is 17.9 Å². The van der Waals surface area contributed by atoms with E-state index in [9.17, 15) is 4.39 Å². The van der Waals surface area contributed by atoms with E-state index in [1.165, 1.54) is 24.5 Å². The van der Waals surface area contributed by atoms with Crippen molar-refractivity contribution in [1.82, 2.24) is 15.4 Å². The van der Waals surface area contributed by atoms with Gasteiger partial charge in [-0.3, -0.25) is 4.98 Å². The van der Waals surface area contributed by atoms with Gasteiger partial charge in [0.05, 0.1) is 5.52 Å². The Balaban J connectivity index is 1.46. The zero-order valence-corrected chi connectivity index (χ0v) is 15.1. The first-order valence-electron chi connectivity index (χ1n) is 9.05. The Kier molecular flexibility index (Phi) is 4.65. The molecule has 1 aliphatic heterocycles. The van der Waals surface area contributed by atoms with Crippen LogP contribution < -0.4 is 5.43 Å². The fourth-order valence-electron chi connectivity index (χ4n) is 4.34. The third kappa shape index (κ3) is 3.38. The minimum Gasteiger partial charge on any atom is -0.309 e. The van der Waals surface area contributed by atoms with Gasteiger partial charge in [0.2, 0.25) is 0 Å². The molecule has 1 fully saturated rings. The van der Waals surface area contributed by atoms with Crippen LogP contribution in [-0.2, 0) is 0 Å². The Hall–Kier alpha value is -1.65. The molecule has 1 saturated carbocycles. The van der Waals surface area contributed by atoms with Crippen molar-refractivity contribution < 1.29 is 4.39 Å². The number of fused-ring (bicyclic) bond motifs is 1. The lowest BCUT2D eigenvalue weighted by molar-refractivity contribution is 0.114. The second-order valence-corrected chi connectivity index (χ2v) is 7.64. The lowest BCUT2D eigenvalue weighted by Crippen LogP contribution is -2.44. The molecule has 3 nitrogen and oxygen atoms in total. The first-order chi connectivity index (χ1) is 12.1. The number of benzene rings is 1. The minimum absolute atomic E-state index is 0.187. The maximum Gasteiger partial charge on any atom is 0.123 e. The van der Waals surface area contributed by atoms with Crippen molar-refractivity contribution in [2.75, 3.05) is 6.54 Å². The van der Waals surface area contributed by atoms with Crippen LogP contribution in [0, 0.1) is 11.7 Å². The van der Waals surface area contributed by atoms with E-state index in [1.54, 1.807) is 12.1 Å². The molecule has 0 spiro atoms. The average molecular weight is 360 g/mol. The Labute approximate surface area is 152 Å². The molecule has 0 saturated heterocycles. The summed E-state index contributed by atoms with van der Waals surface area (Å²) in [5.74, 6) is 0.960. The molecule has 0 amide bonds. The van der Waals surface area contributed by atoms with Crippen molar-refractivity contribution in [3.05, 3.63) is 53.1 Å². The predicted molar refractivity (Wildman–Crippen MR) is 99.6 cm³/mol. The SMILES string of the molecule is C[C@H](C1CCC(c2ccnc3ccc(F)cc23)CC1)N1CC=C(Cl)N1. The Bertz CT molecular complexity index is 799. The summed E-state index contributed by atoms with van der Waals surface area (Å²) in [6, 6.07) is 7.42. The summed E-state index contributed by atoms with van der Waals surface area (Å²) >= 11 is 6.03. The third-order valence-electron chi connectivity index (χ3n) is 5.84. The van der Waals surface area contributed by atoms with Crippen molar-refractivity contribution in [3.63, 3.8) is 0 Å². The number of hydrogen-bond acceptors (Lipinski definition) is 3. The Morgan fingerprint density at radius 3 is 2.76 bits per heavy atom. The van der Waals surface area contributed by atoms with E-state index in [0.717, 1.165) is 35.4 Å². The molecule has 2 aromatic rings. The highest BCUT2D eigenvalue weighted by Crippen LogP contribution is 2.40. The van der Waals surface area contributed by atoms with Gasteiger partial charge >= 0.3 is 0 Å². The summed E-state index contributed by atoms with van der Waals surface area (Å²) in [7, 11) is 0. The molecule has 25 heavy (non-hydrogen) atoms. The molecule has 132 valence electrons. The van der Waals surface area contributed by atoms with Crippen molar-refractivity contribution in [3.8, 4) is 0 Å². The monoisotopic (exact) mass is 359 g/mol. The van der Waals surface area contributed by atoms with Crippen LogP contribution in [0.1, 0.15) is 44.1 Å². The van der Waals surface area contributed by atoms with Crippen LogP contribution in [0.2, 0.25) is 0 Å². The lowest BCUT2D eigenvalue weighted by Gasteiger charge is -2.37. The van der Waals surface area contributed by atoms with Crippen molar-refractivity contribution >= 4 is 22.5 Å². The van der Waals surface area contributed by atoms with E-state index < -0.39 is 0 Å². The molecule has 0 radical (unpaired) electrons. The van der Waals surface area contributed by atoms with Crippen LogP contribution in [0.25, 0.3) is 10.9 Å². The highest BCUT2D eigenvalue weighted by atomic mass is 35.5. The summed E-state index contributed by atoms with van der Waals surface area (Å²) < 4.78 is 13.7. The minimum atomic E-state index is -0.187. The number of aromatic nitrogens is 1. The van der Waals surface area contributed by atoms with Gasteiger partial charge in [0.15, 0.2) is 0 Å². The molecule has 1 N–H and O–H groups in total. The zero-order valence-electron chi connectivity index (χ0n) is 14.4. The molecular weight excluding hydrogens is 337 g/mol. The van der Waals surface area contributed by atoms with Gasteiger partial charge < -0.3 is 5.43 Å². The van der Waals surface area contributed by atoms with Crippen LogP contribution in [0.5, 0.6) is 0 Å². The van der Waals surface area contributed by atoms with E-state index >= 15 is 0 Å². The van der Waals surface area contributed by atoms with E-state index in [2.05, 4.69) is 28.4 Å². The quantitative estimate of drug-likeness (QED) is 0.787. The number of halogens is 2. The molecule has 1 aromatic carbocycles. The van der Waals surface area contributed by atoms with Crippen LogP contribution >= 0.6 is 11.6 Å². The van der Waals surface area contributed by atoms with E-state index in [-0.39, 0.29) is 5.82 Å². The third-order valence-corrected chi connectivity index (χ3v) is 6.08. The van der Waals surface area contributed by atoms with E-state index in [1.807, 2.05) is 12.3 Å². The highest BCUT2D eigenvalue weighted by Gasteiger charge is 2.31. The zero-order chi connectivity index (χ0) is 17.4. The first-order valence-corrected chi connectivity index (χ1v) is 9.43. The molecule has 1 atom stereocenters. The molecule has 0 unspecified atom stereocenters. The van der Waals surface area contributed by atoms with Gasteiger partial charge in [0.25, 0.3) is 0 Å². The summed E-state index contributed by atoms with van der Waals surface area (Å²) in [6.07, 6.45) is 8.51. The van der Waals surface area contributed by atoms with Crippen LogP contribution in [0.15, 0.2) is 41.7 Å². The maximum absolute atomic E-state index is 13.7. The van der Waals surface area contributed by atoms with Crippen molar-refractivity contribution in [1.29, 1.82) is 0 Å². The van der Waals surface area contributed by atoms with Gasteiger partial charge in [-0.15, -0.1) is 0 Å². The van der Waals surface area contributed by atoms with Gasteiger partial charge in [0, 0.05) is 24.2 Å². The second-order valence-electron chi connectivity index (χ2n) is 7.23. The van der Waals surface area contributed by atoms with Crippen molar-refractivity contribution in [2.24, 2.45) is 5.92 Å². The molecule has 1 aliphatic carbocycles. The number of rotatable bonds is 3. The lowest BCUT2D eigenvalue weighted by atomic mass is 9.75. The normalized spacial score (nSPS) is 25.6. The molecule has 2 heterocycles. The topological polar surface area (TPSA) is 28.2 Å². The smallest absolute Gasteiger partial charge is 0.123 e. The number of hydrogen-bond donors (Lipinski definition) is 1. The largest absolute Gasteiger partial charge is 0.309 e. The van der Waals surface area contributed by atoms with E-state index in [4.69, 9.17) is 11.6 Å². The average Bonchev–Trinajstić information content (AvgIpc) is 3.07. The Morgan fingerprint density at radius 2 is 2.04 bits per heavy atom. The Morgan fingerprint density at radius 1 is 1.24 bits per heavy atom. The molecule has 2 aliphatic rings. The standard InChI is InChI=1S/C20H23ClFN3/c1-13(25-11-9-20(21)24-25)14-2-4-15(5-3-14)17-8-10-23-19-7-6-16(22)12-18(17)19/h6-10,12-15,24H,2-5,11H2,1H3/t13-,14?,15?/m1/s1. The van der Waals surface area contributed by atoms with Gasteiger partial charge in [-0.25, -0.2) is 9.40 Å². The first kappa shape index (κ1) is 16.8. The summed E-state index contributed by atoms with van der Waals surface area (Å²) in [6.45, 7) is 3.15. The molecule has 5 heteroatoms. The summed E-state index contributed by atoms with van der Waals surface area (Å²) in [5.41, 5.74) is 5.37. The number of nitrogens with zero attached hydrogens (tertiary/aromatic N) is 2. The second kappa shape index (κ2) is 6.93. The van der Waals surface area contributed by atoms with Gasteiger partial charge in [-0.2, -0.15) is 0 Å². The highest BCUT2D eigenvalue weighted by molar-refractivity contribution is 6.29. The number of nitrogens with one attached hydrogen (secondary N) is 1. The molecular formula is C20H23ClFN3. The van der Waals surface area contributed by atoms with Gasteiger partial charge in [-0.05, 0) is 80.3 Å². The molecule has 4 rings (SSSR count). The maximum atomic E-state index is 13.7. The van der Waals surface area contributed by atoms with Gasteiger partial charge in [-0.1, -0.05) is 11.6 Å². The van der Waals surface area contributed by atoms with Gasteiger partial charge in [0.1, 0.15) is 11.0 Å². The fourth-order valence-corrected chi connectivity index (χ4v) is 4.52. The van der Waals surface area contributed by atoms with Crippen molar-refractivity contribution in [2.45, 2.75) is 44.6 Å². The molecule has 1 aromatic heterocycles.